The molecule has 1 N–H and O–H groups in total. The van der Waals surface area contributed by atoms with E-state index < -0.39 is 17.2 Å². The Bertz CT molecular complexity index is 455. The number of carboxylic acid groups (broad SMARTS) is 1. The lowest BCUT2D eigenvalue weighted by Gasteiger charge is -2.16. The van der Waals surface area contributed by atoms with E-state index in [-0.39, 0.29) is 10.2 Å². The van der Waals surface area contributed by atoms with E-state index in [2.05, 4.69) is 15.9 Å². The summed E-state index contributed by atoms with van der Waals surface area (Å²) in [6.45, 7) is 0. The van der Waals surface area contributed by atoms with E-state index in [0.717, 1.165) is 0 Å². The molecule has 3 nitrogen and oxygen atoms in total. The van der Waals surface area contributed by atoms with Crippen LogP contribution in [-0.2, 0) is 10.2 Å². The molecule has 0 aromatic heterocycles. The smallest absolute Gasteiger partial charge is 0.314 e. The van der Waals surface area contributed by atoms with Crippen molar-refractivity contribution in [1.29, 1.82) is 0 Å². The summed E-state index contributed by atoms with van der Waals surface area (Å²) in [6, 6.07) is 2.74. The molecule has 1 aromatic carbocycles. The fourth-order valence-electron chi connectivity index (χ4n) is 1.83. The molecule has 0 amide bonds. The predicted molar refractivity (Wildman–Crippen MR) is 59.2 cm³/mol. The normalized spacial score (nSPS) is 16.9. The molecule has 1 aromatic rings. The van der Waals surface area contributed by atoms with Crippen LogP contribution in [0.15, 0.2) is 16.6 Å². The van der Waals surface area contributed by atoms with Gasteiger partial charge in [0, 0.05) is 5.56 Å². The fourth-order valence-corrected chi connectivity index (χ4v) is 2.34. The number of rotatable bonds is 3. The van der Waals surface area contributed by atoms with E-state index in [1.807, 2.05) is 0 Å². The van der Waals surface area contributed by atoms with Crippen LogP contribution in [0.4, 0.5) is 4.39 Å². The highest BCUT2D eigenvalue weighted by atomic mass is 79.9. The molecular weight excluding hydrogens is 279 g/mol. The molecule has 0 heterocycles. The predicted octanol–water partition coefficient (Wildman–Crippen LogP) is 2.71. The maximum Gasteiger partial charge on any atom is 0.314 e. The Kier molecular flexibility index (Phi) is 2.66. The van der Waals surface area contributed by atoms with E-state index >= 15 is 0 Å². The maximum absolute atomic E-state index is 13.3. The molecule has 0 unspecified atom stereocenters. The molecule has 0 radical (unpaired) electrons. The van der Waals surface area contributed by atoms with Gasteiger partial charge < -0.3 is 9.84 Å². The van der Waals surface area contributed by atoms with Gasteiger partial charge in [0.25, 0.3) is 0 Å². The van der Waals surface area contributed by atoms with Crippen molar-refractivity contribution < 1.29 is 19.0 Å². The molecule has 0 atom stereocenters. The number of hydrogen-bond donors (Lipinski definition) is 1. The third-order valence-corrected chi connectivity index (χ3v) is 3.67. The quantitative estimate of drug-likeness (QED) is 0.930. The lowest BCUT2D eigenvalue weighted by molar-refractivity contribution is -0.140. The zero-order chi connectivity index (χ0) is 11.9. The first kappa shape index (κ1) is 11.4. The average Bonchev–Trinajstić information content (AvgIpc) is 3.02. The van der Waals surface area contributed by atoms with Crippen molar-refractivity contribution in [1.82, 2.24) is 0 Å². The minimum atomic E-state index is -0.887. The number of carbonyl (C=O) groups is 1. The van der Waals surface area contributed by atoms with Gasteiger partial charge >= 0.3 is 5.97 Å². The second kappa shape index (κ2) is 3.73. The molecule has 86 valence electrons. The maximum atomic E-state index is 13.3. The monoisotopic (exact) mass is 288 g/mol. The molecule has 2 rings (SSSR count). The summed E-state index contributed by atoms with van der Waals surface area (Å²) < 4.78 is 18.5. The van der Waals surface area contributed by atoms with Gasteiger partial charge in [0.1, 0.15) is 11.6 Å². The SMILES string of the molecule is COc1c(C2(C(=O)O)CC2)ccc(F)c1Br. The van der Waals surface area contributed by atoms with Crippen molar-refractivity contribution in [3.05, 3.63) is 28.0 Å². The summed E-state index contributed by atoms with van der Waals surface area (Å²) in [5.41, 5.74) is -0.350. The van der Waals surface area contributed by atoms with E-state index in [9.17, 15) is 14.3 Å². The molecule has 1 fully saturated rings. The number of aliphatic carboxylic acids is 1. The average molecular weight is 289 g/mol. The number of methoxy groups -OCH3 is 1. The van der Waals surface area contributed by atoms with Gasteiger partial charge in [0.2, 0.25) is 0 Å². The van der Waals surface area contributed by atoms with Crippen LogP contribution in [0, 0.1) is 5.82 Å². The van der Waals surface area contributed by atoms with Crippen LogP contribution in [0.1, 0.15) is 18.4 Å². The van der Waals surface area contributed by atoms with Crippen LogP contribution in [0.25, 0.3) is 0 Å². The van der Waals surface area contributed by atoms with Gasteiger partial charge in [-0.15, -0.1) is 0 Å². The van der Waals surface area contributed by atoms with Crippen LogP contribution < -0.4 is 4.74 Å². The summed E-state index contributed by atoms with van der Waals surface area (Å²) in [6.07, 6.45) is 1.13. The summed E-state index contributed by atoms with van der Waals surface area (Å²) in [7, 11) is 1.40. The Morgan fingerprint density at radius 3 is 2.62 bits per heavy atom. The molecule has 0 spiro atoms. The number of benzene rings is 1. The van der Waals surface area contributed by atoms with E-state index in [1.54, 1.807) is 0 Å². The molecule has 1 saturated carbocycles. The Labute approximate surface area is 100 Å². The standard InChI is InChI=1S/C11H10BrFO3/c1-16-9-6(2-3-7(13)8(9)12)11(4-5-11)10(14)15/h2-3H,4-5H2,1H3,(H,14,15). The minimum absolute atomic E-state index is 0.181. The van der Waals surface area contributed by atoms with Crippen molar-refractivity contribution in [3.8, 4) is 5.75 Å². The molecule has 0 aliphatic heterocycles. The van der Waals surface area contributed by atoms with Crippen molar-refractivity contribution >= 4 is 21.9 Å². The fraction of sp³-hybridized carbons (Fsp3) is 0.364. The van der Waals surface area contributed by atoms with Crippen LogP contribution in [0.3, 0.4) is 0 Å². The molecule has 1 aliphatic carbocycles. The van der Waals surface area contributed by atoms with Crippen LogP contribution >= 0.6 is 15.9 Å². The largest absolute Gasteiger partial charge is 0.495 e. The summed E-state index contributed by atoms with van der Waals surface area (Å²) in [4.78, 5) is 11.2. The zero-order valence-corrected chi connectivity index (χ0v) is 10.2. The Morgan fingerprint density at radius 2 is 2.19 bits per heavy atom. The molecular formula is C11H10BrFO3. The highest BCUT2D eigenvalue weighted by Crippen LogP contribution is 2.53. The zero-order valence-electron chi connectivity index (χ0n) is 8.59. The van der Waals surface area contributed by atoms with Crippen LogP contribution in [0.2, 0.25) is 0 Å². The van der Waals surface area contributed by atoms with Crippen molar-refractivity contribution in [2.24, 2.45) is 0 Å². The van der Waals surface area contributed by atoms with Gasteiger partial charge in [-0.3, -0.25) is 4.79 Å². The lowest BCUT2D eigenvalue weighted by atomic mass is 9.95. The number of carboxylic acids is 1. The van der Waals surface area contributed by atoms with Gasteiger partial charge in [-0.05, 0) is 34.8 Å². The third-order valence-electron chi connectivity index (χ3n) is 2.93. The number of ether oxygens (including phenoxy) is 1. The lowest BCUT2D eigenvalue weighted by Crippen LogP contribution is -2.20. The van der Waals surface area contributed by atoms with E-state index in [0.29, 0.717) is 18.4 Å². The van der Waals surface area contributed by atoms with Crippen molar-refractivity contribution in [3.63, 3.8) is 0 Å². The highest BCUT2D eigenvalue weighted by Gasteiger charge is 2.53. The Balaban J connectivity index is 2.58. The van der Waals surface area contributed by atoms with Gasteiger partial charge in [0.05, 0.1) is 17.0 Å². The molecule has 1 aliphatic rings. The summed E-state index contributed by atoms with van der Waals surface area (Å²) in [5, 5.41) is 9.17. The first-order valence-corrected chi connectivity index (χ1v) is 5.58. The molecule has 0 bridgehead atoms. The van der Waals surface area contributed by atoms with Gasteiger partial charge in [-0.2, -0.15) is 0 Å². The van der Waals surface area contributed by atoms with E-state index in [4.69, 9.17) is 4.74 Å². The second-order valence-electron chi connectivity index (χ2n) is 3.83. The van der Waals surface area contributed by atoms with Gasteiger partial charge in [0.15, 0.2) is 0 Å². The van der Waals surface area contributed by atoms with Crippen molar-refractivity contribution in [2.75, 3.05) is 7.11 Å². The third kappa shape index (κ3) is 1.50. The molecule has 16 heavy (non-hydrogen) atoms. The first-order chi connectivity index (χ1) is 7.53. The summed E-state index contributed by atoms with van der Waals surface area (Å²) in [5.74, 6) is -1.06. The number of hydrogen-bond acceptors (Lipinski definition) is 2. The number of halogens is 2. The Morgan fingerprint density at radius 1 is 1.56 bits per heavy atom. The van der Waals surface area contributed by atoms with Gasteiger partial charge in [-0.1, -0.05) is 6.07 Å². The van der Waals surface area contributed by atoms with Crippen LogP contribution in [-0.4, -0.2) is 18.2 Å². The van der Waals surface area contributed by atoms with Crippen LogP contribution in [0.5, 0.6) is 5.75 Å². The Hall–Kier alpha value is -1.10. The topological polar surface area (TPSA) is 46.5 Å². The first-order valence-electron chi connectivity index (χ1n) is 4.79. The van der Waals surface area contributed by atoms with Crippen molar-refractivity contribution in [2.45, 2.75) is 18.3 Å². The van der Waals surface area contributed by atoms with Gasteiger partial charge in [-0.25, -0.2) is 4.39 Å². The van der Waals surface area contributed by atoms with E-state index in [1.165, 1.54) is 19.2 Å². The second-order valence-corrected chi connectivity index (χ2v) is 4.62. The minimum Gasteiger partial charge on any atom is -0.495 e. The molecule has 0 saturated heterocycles. The summed E-state index contributed by atoms with van der Waals surface area (Å²) >= 11 is 3.07. The highest BCUT2D eigenvalue weighted by molar-refractivity contribution is 9.10. The molecule has 5 heteroatoms.